The van der Waals surface area contributed by atoms with Crippen molar-refractivity contribution >= 4 is 47.4 Å². The van der Waals surface area contributed by atoms with E-state index in [0.717, 1.165) is 30.8 Å². The van der Waals surface area contributed by atoms with Gasteiger partial charge in [-0.1, -0.05) is 13.3 Å². The molecule has 1 heterocycles. The minimum atomic E-state index is -0.500. The predicted octanol–water partition coefficient (Wildman–Crippen LogP) is 3.47. The second kappa shape index (κ2) is 13.1. The molecule has 1 aromatic heterocycles. The molecule has 0 radical (unpaired) electrons. The van der Waals surface area contributed by atoms with E-state index in [1.807, 2.05) is 27.0 Å². The minimum absolute atomic E-state index is 0. The molecule has 1 atom stereocenters. The lowest BCUT2D eigenvalue weighted by Gasteiger charge is -2.24. The lowest BCUT2D eigenvalue weighted by molar-refractivity contribution is 0.0502. The normalized spacial score (nSPS) is 12.7. The largest absolute Gasteiger partial charge is 0.444 e. The molecule has 1 rings (SSSR count). The fourth-order valence-corrected chi connectivity index (χ4v) is 3.08. The van der Waals surface area contributed by atoms with Gasteiger partial charge in [0, 0.05) is 43.7 Å². The van der Waals surface area contributed by atoms with Gasteiger partial charge in [0.2, 0.25) is 0 Å². The molecule has 0 bridgehead atoms. The lowest BCUT2D eigenvalue weighted by atomic mass is 10.1. The molecular weight excluding hydrogens is 477 g/mol. The fraction of sp³-hybridized carbons (Fsp3) is 0.722. The monoisotopic (exact) mass is 511 g/mol. The van der Waals surface area contributed by atoms with Crippen LogP contribution in [0.25, 0.3) is 0 Å². The summed E-state index contributed by atoms with van der Waals surface area (Å²) < 4.78 is 5.33. The third kappa shape index (κ3) is 12.1. The molecule has 9 heteroatoms. The van der Waals surface area contributed by atoms with E-state index in [1.165, 1.54) is 4.88 Å². The van der Waals surface area contributed by atoms with Crippen molar-refractivity contribution in [1.82, 2.24) is 20.9 Å². The van der Waals surface area contributed by atoms with Crippen molar-refractivity contribution in [3.05, 3.63) is 16.1 Å². The summed E-state index contributed by atoms with van der Waals surface area (Å²) in [7, 11) is 1.74. The molecule has 0 aliphatic rings. The molecule has 0 spiro atoms. The Morgan fingerprint density at radius 3 is 2.59 bits per heavy atom. The van der Waals surface area contributed by atoms with Gasteiger partial charge in [-0.3, -0.25) is 4.99 Å². The maximum Gasteiger partial charge on any atom is 0.407 e. The molecule has 7 nitrogen and oxygen atoms in total. The summed E-state index contributed by atoms with van der Waals surface area (Å²) >= 11 is 1.71. The summed E-state index contributed by atoms with van der Waals surface area (Å²) in [4.78, 5) is 21.8. The van der Waals surface area contributed by atoms with Crippen LogP contribution in [0.5, 0.6) is 0 Å². The van der Waals surface area contributed by atoms with Crippen molar-refractivity contribution in [2.75, 3.05) is 20.1 Å². The Balaban J connectivity index is 0.00000676. The third-order valence-corrected chi connectivity index (χ3v) is 4.37. The number of alkyl carbamates (subject to hydrolysis) is 1. The number of amides is 1. The van der Waals surface area contributed by atoms with Crippen LogP contribution in [0.15, 0.2) is 11.2 Å². The minimum Gasteiger partial charge on any atom is -0.444 e. The maximum absolute atomic E-state index is 12.0. The van der Waals surface area contributed by atoms with Crippen LogP contribution in [-0.4, -0.2) is 48.8 Å². The molecule has 0 aromatic carbocycles. The fourth-order valence-electron chi connectivity index (χ4n) is 2.29. The Bertz CT molecular complexity index is 587. The molecule has 0 aliphatic carbocycles. The van der Waals surface area contributed by atoms with Gasteiger partial charge in [0.05, 0.1) is 5.01 Å². The van der Waals surface area contributed by atoms with Crippen LogP contribution in [0.1, 0.15) is 50.4 Å². The second-order valence-corrected chi connectivity index (χ2v) is 8.45. The average Bonchev–Trinajstić information content (AvgIpc) is 2.94. The molecule has 0 aliphatic heterocycles. The van der Waals surface area contributed by atoms with Crippen molar-refractivity contribution in [3.8, 4) is 0 Å². The van der Waals surface area contributed by atoms with Gasteiger partial charge in [-0.2, -0.15) is 0 Å². The molecule has 1 unspecified atom stereocenters. The van der Waals surface area contributed by atoms with E-state index in [9.17, 15) is 4.79 Å². The second-order valence-electron chi connectivity index (χ2n) is 7.13. The number of carbonyl (C=O) groups excluding carboxylic acids is 1. The van der Waals surface area contributed by atoms with E-state index in [2.05, 4.69) is 39.8 Å². The van der Waals surface area contributed by atoms with Crippen LogP contribution in [0, 0.1) is 6.92 Å². The van der Waals surface area contributed by atoms with E-state index in [4.69, 9.17) is 4.74 Å². The zero-order chi connectivity index (χ0) is 19.6. The smallest absolute Gasteiger partial charge is 0.407 e. The highest BCUT2D eigenvalue weighted by Crippen LogP contribution is 2.11. The van der Waals surface area contributed by atoms with Gasteiger partial charge < -0.3 is 20.7 Å². The first-order valence-corrected chi connectivity index (χ1v) is 9.90. The molecule has 3 N–H and O–H groups in total. The number of ether oxygens (including phenoxy) is 1. The van der Waals surface area contributed by atoms with Crippen LogP contribution < -0.4 is 16.0 Å². The van der Waals surface area contributed by atoms with Gasteiger partial charge in [0.25, 0.3) is 0 Å². The highest BCUT2D eigenvalue weighted by atomic mass is 127. The summed E-state index contributed by atoms with van der Waals surface area (Å²) in [5.74, 6) is 0.713. The van der Waals surface area contributed by atoms with Crippen molar-refractivity contribution in [2.45, 2.75) is 65.5 Å². The van der Waals surface area contributed by atoms with Crippen LogP contribution in [0.3, 0.4) is 0 Å². The van der Waals surface area contributed by atoms with Crippen LogP contribution in [0.4, 0.5) is 4.79 Å². The number of thiazole rings is 1. The zero-order valence-electron chi connectivity index (χ0n) is 17.2. The summed E-state index contributed by atoms with van der Waals surface area (Å²) in [5.41, 5.74) is -0.500. The number of nitrogens with zero attached hydrogens (tertiary/aromatic N) is 2. The van der Waals surface area contributed by atoms with Crippen LogP contribution >= 0.6 is 35.3 Å². The number of aliphatic imine (C=N–C) groups is 1. The highest BCUT2D eigenvalue weighted by Gasteiger charge is 2.19. The van der Waals surface area contributed by atoms with Crippen molar-refractivity contribution in [3.63, 3.8) is 0 Å². The number of rotatable bonds is 8. The molecular formula is C18H34IN5O2S. The van der Waals surface area contributed by atoms with Gasteiger partial charge >= 0.3 is 6.09 Å². The van der Waals surface area contributed by atoms with E-state index in [-0.39, 0.29) is 36.1 Å². The van der Waals surface area contributed by atoms with Crippen molar-refractivity contribution < 1.29 is 9.53 Å². The van der Waals surface area contributed by atoms with Crippen LogP contribution in [-0.2, 0) is 11.2 Å². The Labute approximate surface area is 184 Å². The molecule has 156 valence electrons. The number of hydrogen-bond donors (Lipinski definition) is 3. The number of guanidine groups is 1. The number of nitrogens with one attached hydrogen (secondary N) is 3. The Morgan fingerprint density at radius 1 is 1.37 bits per heavy atom. The Morgan fingerprint density at radius 2 is 2.07 bits per heavy atom. The van der Waals surface area contributed by atoms with E-state index in [0.29, 0.717) is 12.5 Å². The van der Waals surface area contributed by atoms with E-state index in [1.54, 1.807) is 18.4 Å². The van der Waals surface area contributed by atoms with Crippen LogP contribution in [0.2, 0.25) is 0 Å². The van der Waals surface area contributed by atoms with Crippen molar-refractivity contribution in [1.29, 1.82) is 0 Å². The molecule has 0 fully saturated rings. The number of hydrogen-bond acceptors (Lipinski definition) is 5. The molecule has 0 saturated heterocycles. The number of aryl methyl sites for hydroxylation is 1. The molecule has 27 heavy (non-hydrogen) atoms. The quantitative estimate of drug-likeness (QED) is 0.283. The number of carbonyl (C=O) groups is 1. The first kappa shape index (κ1) is 25.9. The summed E-state index contributed by atoms with van der Waals surface area (Å²) in [6.45, 7) is 11.1. The first-order chi connectivity index (χ1) is 12.2. The van der Waals surface area contributed by atoms with E-state index >= 15 is 0 Å². The van der Waals surface area contributed by atoms with Gasteiger partial charge in [-0.25, -0.2) is 9.78 Å². The summed E-state index contributed by atoms with van der Waals surface area (Å²) in [6, 6.07) is -0.0185. The molecule has 1 aromatic rings. The van der Waals surface area contributed by atoms with Crippen molar-refractivity contribution in [2.24, 2.45) is 4.99 Å². The zero-order valence-corrected chi connectivity index (χ0v) is 20.4. The third-order valence-electron chi connectivity index (χ3n) is 3.40. The van der Waals surface area contributed by atoms with Gasteiger partial charge in [0.15, 0.2) is 5.96 Å². The lowest BCUT2D eigenvalue weighted by Crippen LogP contribution is -2.48. The van der Waals surface area contributed by atoms with Gasteiger partial charge in [-0.15, -0.1) is 35.3 Å². The van der Waals surface area contributed by atoms with Gasteiger partial charge in [-0.05, 0) is 34.1 Å². The first-order valence-electron chi connectivity index (χ1n) is 9.08. The van der Waals surface area contributed by atoms with Gasteiger partial charge in [0.1, 0.15) is 5.60 Å². The average molecular weight is 511 g/mol. The Kier molecular flexibility index (Phi) is 12.6. The maximum atomic E-state index is 12.0. The Hall–Kier alpha value is -1.10. The molecule has 0 saturated carbocycles. The number of halogens is 1. The topological polar surface area (TPSA) is 87.6 Å². The number of aromatic nitrogens is 1. The predicted molar refractivity (Wildman–Crippen MR) is 123 cm³/mol. The summed E-state index contributed by atoms with van der Waals surface area (Å²) in [5, 5.41) is 10.6. The highest BCUT2D eigenvalue weighted by molar-refractivity contribution is 14.0. The standard InChI is InChI=1S/C18H33N5O2S.HI/c1-7-8-14(23-17(24)25-18(3,4)5)12-22-16(19-6)20-10-9-15-21-11-13(2)26-15;/h11,14H,7-10,12H2,1-6H3,(H,23,24)(H2,19,20,22);1H. The van der Waals surface area contributed by atoms with E-state index < -0.39 is 5.60 Å². The SMILES string of the molecule is CCCC(CNC(=NC)NCCc1ncc(C)s1)NC(=O)OC(C)(C)C.I. The summed E-state index contributed by atoms with van der Waals surface area (Å²) in [6.07, 6.45) is 4.19. The molecule has 1 amide bonds.